The number of H-pyrrole nitrogens is 1. The summed E-state index contributed by atoms with van der Waals surface area (Å²) < 4.78 is 2.54. The number of carbonyl (C=O) groups excluding carboxylic acids is 1. The molecule has 1 amide bonds. The second-order valence-corrected chi connectivity index (χ2v) is 6.90. The van der Waals surface area contributed by atoms with Crippen LogP contribution >= 0.6 is 11.3 Å². The van der Waals surface area contributed by atoms with Crippen LogP contribution in [0, 0.1) is 0 Å². The fourth-order valence-corrected chi connectivity index (χ4v) is 3.74. The van der Waals surface area contributed by atoms with E-state index in [1.807, 2.05) is 53.5 Å². The van der Waals surface area contributed by atoms with Crippen molar-refractivity contribution in [3.05, 3.63) is 63.7 Å². The van der Waals surface area contributed by atoms with Gasteiger partial charge in [-0.1, -0.05) is 18.2 Å². The monoisotopic (exact) mass is 352 g/mol. The molecule has 7 heteroatoms. The number of amides is 1. The average molecular weight is 352 g/mol. The van der Waals surface area contributed by atoms with Crippen LogP contribution in [-0.4, -0.2) is 32.4 Å². The molecule has 3 heterocycles. The quantitative estimate of drug-likeness (QED) is 0.616. The molecule has 25 heavy (non-hydrogen) atoms. The smallest absolute Gasteiger partial charge is 0.268 e. The summed E-state index contributed by atoms with van der Waals surface area (Å²) in [6.45, 7) is 0.239. The third kappa shape index (κ3) is 2.62. The first-order valence-electron chi connectivity index (χ1n) is 7.80. The van der Waals surface area contributed by atoms with Crippen LogP contribution in [0.4, 0.5) is 0 Å². The summed E-state index contributed by atoms with van der Waals surface area (Å²) in [5, 5.41) is 2.75. The molecule has 0 atom stereocenters. The maximum Gasteiger partial charge on any atom is 0.268 e. The Bertz CT molecular complexity index is 1150. The maximum absolute atomic E-state index is 12.9. The van der Waals surface area contributed by atoms with Crippen LogP contribution in [0.25, 0.3) is 21.1 Å². The summed E-state index contributed by atoms with van der Waals surface area (Å²) in [5.74, 6) is 0.372. The predicted octanol–water partition coefficient (Wildman–Crippen LogP) is 2.75. The SMILES string of the molecule is CN(Cc1nc2ccsc2c(=O)[nH]1)C(=O)c1cn(C)c2ccccc12. The Labute approximate surface area is 147 Å². The maximum atomic E-state index is 12.9. The third-order valence-corrected chi connectivity index (χ3v) is 5.13. The Hall–Kier alpha value is -2.93. The molecule has 126 valence electrons. The molecule has 1 aromatic carbocycles. The van der Waals surface area contributed by atoms with Gasteiger partial charge >= 0.3 is 0 Å². The number of para-hydroxylation sites is 1. The van der Waals surface area contributed by atoms with Gasteiger partial charge in [-0.2, -0.15) is 0 Å². The molecule has 0 aliphatic rings. The van der Waals surface area contributed by atoms with Crippen molar-refractivity contribution in [2.45, 2.75) is 6.54 Å². The van der Waals surface area contributed by atoms with Gasteiger partial charge in [0.05, 0.1) is 17.6 Å². The molecule has 0 spiro atoms. The predicted molar refractivity (Wildman–Crippen MR) is 99.0 cm³/mol. The number of fused-ring (bicyclic) bond motifs is 2. The zero-order valence-corrected chi connectivity index (χ0v) is 14.6. The van der Waals surface area contributed by atoms with Crippen molar-refractivity contribution in [1.29, 1.82) is 0 Å². The molecule has 0 radical (unpaired) electrons. The molecule has 0 saturated heterocycles. The standard InChI is InChI=1S/C18H16N4O2S/c1-21-9-12(11-5-3-4-6-14(11)21)18(24)22(2)10-15-19-13-7-8-25-16(13)17(23)20-15/h3-9H,10H2,1-2H3,(H,19,20,23). The number of nitrogens with one attached hydrogen (secondary N) is 1. The second-order valence-electron chi connectivity index (χ2n) is 5.98. The fourth-order valence-electron chi connectivity index (χ4n) is 3.01. The lowest BCUT2D eigenvalue weighted by Gasteiger charge is -2.16. The molecule has 0 saturated carbocycles. The van der Waals surface area contributed by atoms with Crippen molar-refractivity contribution in [2.75, 3.05) is 7.05 Å². The van der Waals surface area contributed by atoms with Gasteiger partial charge in [0.1, 0.15) is 10.5 Å². The molecule has 0 aliphatic carbocycles. The number of aryl methyl sites for hydroxylation is 1. The van der Waals surface area contributed by atoms with Gasteiger partial charge in [0, 0.05) is 31.2 Å². The Morgan fingerprint density at radius 1 is 1.32 bits per heavy atom. The number of rotatable bonds is 3. The van der Waals surface area contributed by atoms with Crippen LogP contribution in [0.1, 0.15) is 16.2 Å². The van der Waals surface area contributed by atoms with E-state index in [2.05, 4.69) is 9.97 Å². The van der Waals surface area contributed by atoms with Crippen molar-refractivity contribution >= 4 is 38.4 Å². The summed E-state index contributed by atoms with van der Waals surface area (Å²) >= 11 is 1.36. The highest BCUT2D eigenvalue weighted by atomic mass is 32.1. The molecule has 0 unspecified atom stereocenters. The molecular weight excluding hydrogens is 336 g/mol. The first-order chi connectivity index (χ1) is 12.0. The van der Waals surface area contributed by atoms with Gasteiger partial charge < -0.3 is 14.5 Å². The highest BCUT2D eigenvalue weighted by Crippen LogP contribution is 2.22. The van der Waals surface area contributed by atoms with E-state index >= 15 is 0 Å². The van der Waals surface area contributed by atoms with Gasteiger partial charge in [0.2, 0.25) is 0 Å². The lowest BCUT2D eigenvalue weighted by atomic mass is 10.1. The molecule has 4 rings (SSSR count). The number of hydrogen-bond acceptors (Lipinski definition) is 4. The minimum Gasteiger partial charge on any atom is -0.350 e. The van der Waals surface area contributed by atoms with Gasteiger partial charge in [-0.15, -0.1) is 11.3 Å². The minimum atomic E-state index is -0.166. The van der Waals surface area contributed by atoms with Crippen molar-refractivity contribution < 1.29 is 4.79 Å². The van der Waals surface area contributed by atoms with Crippen molar-refractivity contribution in [1.82, 2.24) is 19.4 Å². The summed E-state index contributed by atoms with van der Waals surface area (Å²) in [6, 6.07) is 9.60. The van der Waals surface area contributed by atoms with Crippen LogP contribution in [0.15, 0.2) is 46.7 Å². The van der Waals surface area contributed by atoms with Crippen molar-refractivity contribution in [3.63, 3.8) is 0 Å². The van der Waals surface area contributed by atoms with E-state index in [1.54, 1.807) is 11.9 Å². The molecule has 6 nitrogen and oxygen atoms in total. The summed E-state index contributed by atoms with van der Waals surface area (Å²) in [4.78, 5) is 33.7. The normalized spacial score (nSPS) is 11.3. The average Bonchev–Trinajstić information content (AvgIpc) is 3.20. The lowest BCUT2D eigenvalue weighted by molar-refractivity contribution is 0.0783. The summed E-state index contributed by atoms with van der Waals surface area (Å²) in [6.07, 6.45) is 1.84. The van der Waals surface area contributed by atoms with Gasteiger partial charge in [0.15, 0.2) is 0 Å². The zero-order valence-electron chi connectivity index (χ0n) is 13.8. The summed E-state index contributed by atoms with van der Waals surface area (Å²) in [5.41, 5.74) is 2.14. The van der Waals surface area contributed by atoms with Crippen LogP contribution in [0.2, 0.25) is 0 Å². The van der Waals surface area contributed by atoms with Crippen LogP contribution < -0.4 is 5.56 Å². The lowest BCUT2D eigenvalue weighted by Crippen LogP contribution is -2.28. The molecule has 3 aromatic heterocycles. The zero-order chi connectivity index (χ0) is 17.6. The number of benzene rings is 1. The number of aromatic nitrogens is 3. The molecule has 0 fully saturated rings. The molecule has 1 N–H and O–H groups in total. The Kier molecular flexibility index (Phi) is 3.65. The number of nitrogens with zero attached hydrogens (tertiary/aromatic N) is 3. The van der Waals surface area contributed by atoms with Crippen LogP contribution in [0.3, 0.4) is 0 Å². The topological polar surface area (TPSA) is 71.0 Å². The Morgan fingerprint density at radius 3 is 2.96 bits per heavy atom. The number of aromatic amines is 1. The van der Waals surface area contributed by atoms with E-state index in [-0.39, 0.29) is 18.0 Å². The number of thiophene rings is 1. The van der Waals surface area contributed by atoms with E-state index in [9.17, 15) is 9.59 Å². The van der Waals surface area contributed by atoms with Gasteiger partial charge in [-0.25, -0.2) is 4.98 Å². The highest BCUT2D eigenvalue weighted by molar-refractivity contribution is 7.17. The van der Waals surface area contributed by atoms with Crippen LogP contribution in [0.5, 0.6) is 0 Å². The number of carbonyl (C=O) groups is 1. The first-order valence-corrected chi connectivity index (χ1v) is 8.68. The summed E-state index contributed by atoms with van der Waals surface area (Å²) in [7, 11) is 3.63. The van der Waals surface area contributed by atoms with E-state index in [0.29, 0.717) is 21.6 Å². The van der Waals surface area contributed by atoms with Gasteiger partial charge in [-0.3, -0.25) is 9.59 Å². The van der Waals surface area contributed by atoms with Gasteiger partial charge in [-0.05, 0) is 17.5 Å². The van der Waals surface area contributed by atoms with Crippen molar-refractivity contribution in [2.24, 2.45) is 7.05 Å². The molecule has 0 aliphatic heterocycles. The second kappa shape index (κ2) is 5.86. The Morgan fingerprint density at radius 2 is 2.12 bits per heavy atom. The minimum absolute atomic E-state index is 0.107. The molecule has 0 bridgehead atoms. The first kappa shape index (κ1) is 15.6. The van der Waals surface area contributed by atoms with Crippen LogP contribution in [-0.2, 0) is 13.6 Å². The van der Waals surface area contributed by atoms with E-state index in [4.69, 9.17) is 0 Å². The molecule has 4 aromatic rings. The fraction of sp³-hybridized carbons (Fsp3) is 0.167. The van der Waals surface area contributed by atoms with Gasteiger partial charge in [0.25, 0.3) is 11.5 Å². The van der Waals surface area contributed by atoms with Crippen molar-refractivity contribution in [3.8, 4) is 0 Å². The molecular formula is C18H16N4O2S. The van der Waals surface area contributed by atoms with E-state index < -0.39 is 0 Å². The van der Waals surface area contributed by atoms with E-state index in [1.165, 1.54) is 11.3 Å². The third-order valence-electron chi connectivity index (χ3n) is 4.22. The Balaban J connectivity index is 1.66. The highest BCUT2D eigenvalue weighted by Gasteiger charge is 2.18. The number of hydrogen-bond donors (Lipinski definition) is 1. The van der Waals surface area contributed by atoms with E-state index in [0.717, 1.165) is 10.9 Å². The largest absolute Gasteiger partial charge is 0.350 e.